The van der Waals surface area contributed by atoms with E-state index in [0.717, 1.165) is 38.3 Å². The second-order valence-corrected chi connectivity index (χ2v) is 7.26. The Morgan fingerprint density at radius 3 is 2.52 bits per heavy atom. The number of hydrogen-bond acceptors (Lipinski definition) is 4. The molecule has 1 amide bonds. The van der Waals surface area contributed by atoms with Crippen molar-refractivity contribution in [2.75, 3.05) is 38.5 Å². The smallest absolute Gasteiger partial charge is 0.405 e. The first kappa shape index (κ1) is 21.1. The number of anilines is 1. The number of hydrogen-bond donors (Lipinski definition) is 1. The fourth-order valence-corrected chi connectivity index (χ4v) is 3.19. The summed E-state index contributed by atoms with van der Waals surface area (Å²) in [5.74, 6) is -0.717. The maximum absolute atomic E-state index is 12.6. The number of ether oxygens (including phenoxy) is 1. The first-order chi connectivity index (χ1) is 13.7. The molecule has 0 spiro atoms. The molecule has 1 fully saturated rings. The molecule has 1 aliphatic heterocycles. The van der Waals surface area contributed by atoms with Crippen LogP contribution in [0.25, 0.3) is 0 Å². The van der Waals surface area contributed by atoms with Crippen LogP contribution in [-0.4, -0.2) is 55.3 Å². The number of rotatable bonds is 5. The van der Waals surface area contributed by atoms with Gasteiger partial charge in [0.15, 0.2) is 0 Å². The van der Waals surface area contributed by atoms with E-state index in [0.29, 0.717) is 11.1 Å². The van der Waals surface area contributed by atoms with E-state index in [1.807, 2.05) is 18.2 Å². The molecule has 156 valence electrons. The number of aryl methyl sites for hydroxylation is 1. The molecule has 0 saturated carbocycles. The normalized spacial score (nSPS) is 15.9. The molecule has 3 rings (SSSR count). The minimum Gasteiger partial charge on any atom is -0.405 e. The number of benzene rings is 2. The van der Waals surface area contributed by atoms with Crippen LogP contribution < -0.4 is 10.1 Å². The summed E-state index contributed by atoms with van der Waals surface area (Å²) in [5, 5.41) is 2.64. The number of likely N-dealkylation sites (N-methyl/N-ethyl adjacent to an activating group) is 1. The Hall–Kier alpha value is -2.58. The van der Waals surface area contributed by atoms with E-state index in [2.05, 4.69) is 26.9 Å². The third kappa shape index (κ3) is 6.20. The molecule has 1 saturated heterocycles. The van der Waals surface area contributed by atoms with Crippen LogP contribution in [0, 0.1) is 6.92 Å². The third-order valence-electron chi connectivity index (χ3n) is 4.86. The van der Waals surface area contributed by atoms with Crippen LogP contribution >= 0.6 is 0 Å². The largest absolute Gasteiger partial charge is 0.573 e. The van der Waals surface area contributed by atoms with Gasteiger partial charge in [0.1, 0.15) is 5.75 Å². The van der Waals surface area contributed by atoms with Crippen LogP contribution in [0.15, 0.2) is 42.5 Å². The van der Waals surface area contributed by atoms with Gasteiger partial charge < -0.3 is 15.0 Å². The number of nitrogens with one attached hydrogen (secondary N) is 1. The van der Waals surface area contributed by atoms with Crippen molar-refractivity contribution in [2.45, 2.75) is 19.8 Å². The molecule has 2 aromatic rings. The standard InChI is InChI=1S/C21H24F3N3O2/c1-15-6-7-18(13-19(15)29-21(22,23)24)25-20(28)17-5-3-4-16(12-17)14-27-10-8-26(2)9-11-27/h3-7,12-13H,8-11,14H2,1-2H3,(H,25,28). The summed E-state index contributed by atoms with van der Waals surface area (Å²) in [4.78, 5) is 17.2. The van der Waals surface area contributed by atoms with Crippen molar-refractivity contribution in [2.24, 2.45) is 0 Å². The molecular weight excluding hydrogens is 383 g/mol. The van der Waals surface area contributed by atoms with Crippen molar-refractivity contribution < 1.29 is 22.7 Å². The first-order valence-corrected chi connectivity index (χ1v) is 9.37. The monoisotopic (exact) mass is 407 g/mol. The predicted molar refractivity (Wildman–Crippen MR) is 105 cm³/mol. The third-order valence-corrected chi connectivity index (χ3v) is 4.86. The molecule has 5 nitrogen and oxygen atoms in total. The Kier molecular flexibility index (Phi) is 6.44. The van der Waals surface area contributed by atoms with E-state index in [-0.39, 0.29) is 17.3 Å². The SMILES string of the molecule is Cc1ccc(NC(=O)c2cccc(CN3CCN(C)CC3)c2)cc1OC(F)(F)F. The molecule has 29 heavy (non-hydrogen) atoms. The fourth-order valence-electron chi connectivity index (χ4n) is 3.19. The lowest BCUT2D eigenvalue weighted by Crippen LogP contribution is -2.43. The Labute approximate surface area is 168 Å². The summed E-state index contributed by atoms with van der Waals surface area (Å²) < 4.78 is 41.6. The number of piperazine rings is 1. The lowest BCUT2D eigenvalue weighted by atomic mass is 10.1. The minimum atomic E-state index is -4.79. The molecule has 2 aromatic carbocycles. The van der Waals surface area contributed by atoms with Crippen molar-refractivity contribution in [3.8, 4) is 5.75 Å². The van der Waals surface area contributed by atoms with E-state index in [9.17, 15) is 18.0 Å². The quantitative estimate of drug-likeness (QED) is 0.817. The summed E-state index contributed by atoms with van der Waals surface area (Å²) in [6.07, 6.45) is -4.79. The van der Waals surface area contributed by atoms with Gasteiger partial charge in [-0.25, -0.2) is 0 Å². The van der Waals surface area contributed by atoms with E-state index >= 15 is 0 Å². The van der Waals surface area contributed by atoms with E-state index in [1.165, 1.54) is 19.1 Å². The van der Waals surface area contributed by atoms with Gasteiger partial charge in [-0.2, -0.15) is 0 Å². The molecule has 1 heterocycles. The van der Waals surface area contributed by atoms with Gasteiger partial charge in [-0.05, 0) is 43.3 Å². The lowest BCUT2D eigenvalue weighted by molar-refractivity contribution is -0.274. The molecule has 0 aliphatic carbocycles. The highest BCUT2D eigenvalue weighted by molar-refractivity contribution is 6.04. The molecule has 1 N–H and O–H groups in total. The maximum atomic E-state index is 12.6. The van der Waals surface area contributed by atoms with Crippen LogP contribution in [0.1, 0.15) is 21.5 Å². The zero-order chi connectivity index (χ0) is 21.0. The number of carbonyl (C=O) groups excluding carboxylic acids is 1. The summed E-state index contributed by atoms with van der Waals surface area (Å²) >= 11 is 0. The van der Waals surface area contributed by atoms with Crippen molar-refractivity contribution >= 4 is 11.6 Å². The highest BCUT2D eigenvalue weighted by Gasteiger charge is 2.31. The average Bonchev–Trinajstić information content (AvgIpc) is 2.65. The molecule has 0 atom stereocenters. The molecule has 0 aromatic heterocycles. The lowest BCUT2D eigenvalue weighted by Gasteiger charge is -2.32. The van der Waals surface area contributed by atoms with Gasteiger partial charge in [-0.15, -0.1) is 13.2 Å². The van der Waals surface area contributed by atoms with Gasteiger partial charge in [-0.1, -0.05) is 18.2 Å². The topological polar surface area (TPSA) is 44.8 Å². The van der Waals surface area contributed by atoms with Gasteiger partial charge in [0.2, 0.25) is 0 Å². The van der Waals surface area contributed by atoms with Crippen molar-refractivity contribution in [1.82, 2.24) is 9.80 Å². The van der Waals surface area contributed by atoms with E-state index < -0.39 is 6.36 Å². The molecule has 0 radical (unpaired) electrons. The zero-order valence-corrected chi connectivity index (χ0v) is 16.4. The number of halogens is 3. The highest BCUT2D eigenvalue weighted by Crippen LogP contribution is 2.29. The van der Waals surface area contributed by atoms with Crippen LogP contribution in [-0.2, 0) is 6.54 Å². The maximum Gasteiger partial charge on any atom is 0.573 e. The molecule has 0 unspecified atom stereocenters. The summed E-state index contributed by atoms with van der Waals surface area (Å²) in [6, 6.07) is 11.5. The zero-order valence-electron chi connectivity index (χ0n) is 16.4. The second kappa shape index (κ2) is 8.84. The Morgan fingerprint density at radius 1 is 1.10 bits per heavy atom. The van der Waals surface area contributed by atoms with E-state index in [4.69, 9.17) is 0 Å². The van der Waals surface area contributed by atoms with Crippen LogP contribution in [0.2, 0.25) is 0 Å². The van der Waals surface area contributed by atoms with Gasteiger partial charge >= 0.3 is 6.36 Å². The number of alkyl halides is 3. The van der Waals surface area contributed by atoms with Crippen molar-refractivity contribution in [3.05, 3.63) is 59.2 Å². The summed E-state index contributed by atoms with van der Waals surface area (Å²) in [6.45, 7) is 6.22. The summed E-state index contributed by atoms with van der Waals surface area (Å²) in [5.41, 5.74) is 2.04. The van der Waals surface area contributed by atoms with Crippen LogP contribution in [0.3, 0.4) is 0 Å². The van der Waals surface area contributed by atoms with Gasteiger partial charge in [0.05, 0.1) is 0 Å². The Morgan fingerprint density at radius 2 is 1.83 bits per heavy atom. The minimum absolute atomic E-state index is 0.240. The molecule has 1 aliphatic rings. The summed E-state index contributed by atoms with van der Waals surface area (Å²) in [7, 11) is 2.10. The van der Waals surface area contributed by atoms with Crippen molar-refractivity contribution in [3.63, 3.8) is 0 Å². The number of carbonyl (C=O) groups is 1. The van der Waals surface area contributed by atoms with Gasteiger partial charge in [-0.3, -0.25) is 9.69 Å². The first-order valence-electron chi connectivity index (χ1n) is 9.37. The fraction of sp³-hybridized carbons (Fsp3) is 0.381. The second-order valence-electron chi connectivity index (χ2n) is 7.26. The number of nitrogens with zero attached hydrogens (tertiary/aromatic N) is 2. The highest BCUT2D eigenvalue weighted by atomic mass is 19.4. The van der Waals surface area contributed by atoms with Crippen LogP contribution in [0.5, 0.6) is 5.75 Å². The average molecular weight is 407 g/mol. The van der Waals surface area contributed by atoms with Crippen molar-refractivity contribution in [1.29, 1.82) is 0 Å². The van der Waals surface area contributed by atoms with E-state index in [1.54, 1.807) is 12.1 Å². The molecule has 8 heteroatoms. The Bertz CT molecular complexity index is 862. The van der Waals surface area contributed by atoms with Gasteiger partial charge in [0.25, 0.3) is 5.91 Å². The Balaban J connectivity index is 1.67. The van der Waals surface area contributed by atoms with Gasteiger partial charge in [0, 0.05) is 50.0 Å². The number of amides is 1. The predicted octanol–water partition coefficient (Wildman–Crippen LogP) is 3.89. The molecular formula is C21H24F3N3O2. The molecule has 0 bridgehead atoms. The van der Waals surface area contributed by atoms with Crippen LogP contribution in [0.4, 0.5) is 18.9 Å².